The molecule has 0 saturated carbocycles. The lowest BCUT2D eigenvalue weighted by Gasteiger charge is -2.08. The second-order valence-corrected chi connectivity index (χ2v) is 3.73. The number of benzene rings is 1. The molecule has 0 unspecified atom stereocenters. The van der Waals surface area contributed by atoms with Crippen LogP contribution in [0.25, 0.3) is 11.0 Å². The van der Waals surface area contributed by atoms with Gasteiger partial charge in [0.25, 0.3) is 0 Å². The molecule has 0 aliphatic heterocycles. The first-order valence-corrected chi connectivity index (χ1v) is 5.83. The minimum absolute atomic E-state index is 0.0580. The Morgan fingerprint density at radius 2 is 1.68 bits per heavy atom. The highest BCUT2D eigenvalue weighted by molar-refractivity contribution is 7.30. The molecule has 19 heavy (non-hydrogen) atoms. The normalized spacial score (nSPS) is 10.8. The molecule has 102 valence electrons. The van der Waals surface area contributed by atoms with Gasteiger partial charge in [0.2, 0.25) is 0 Å². The van der Waals surface area contributed by atoms with E-state index in [0.717, 1.165) is 0 Å². The molecule has 2 rings (SSSR count). The predicted molar refractivity (Wildman–Crippen MR) is 59.5 cm³/mol. The molecule has 0 saturated heterocycles. The van der Waals surface area contributed by atoms with Gasteiger partial charge < -0.3 is 4.42 Å². The highest BCUT2D eigenvalue weighted by atomic mass is 31.1. The fourth-order valence-electron chi connectivity index (χ4n) is 1.35. The first-order chi connectivity index (χ1) is 8.71. The molecule has 0 aliphatic carbocycles. The van der Waals surface area contributed by atoms with Crippen molar-refractivity contribution in [3.05, 3.63) is 46.3 Å². The summed E-state index contributed by atoms with van der Waals surface area (Å²) in [6.45, 7) is 0. The maximum atomic E-state index is 12.5. The Morgan fingerprint density at radius 3 is 2.21 bits per heavy atom. The monoisotopic (exact) mass is 295 g/mol. The van der Waals surface area contributed by atoms with Crippen molar-refractivity contribution in [2.45, 2.75) is 6.18 Å². The highest BCUT2D eigenvalue weighted by Gasteiger charge is 2.33. The Labute approximate surface area is 104 Å². The van der Waals surface area contributed by atoms with Crippen molar-refractivity contribution in [3.8, 4) is 0 Å². The van der Waals surface area contributed by atoms with E-state index in [2.05, 4.69) is 4.42 Å². The molecule has 1 aromatic carbocycles. The largest absolute Gasteiger partial charge is 0.692 e. The maximum Gasteiger partial charge on any atom is 0.692 e. The average molecular weight is 295 g/mol. The number of rotatable bonds is 0. The summed E-state index contributed by atoms with van der Waals surface area (Å²) in [4.78, 5) is 25.1. The summed E-state index contributed by atoms with van der Waals surface area (Å²) >= 11 is 0. The van der Waals surface area contributed by atoms with Gasteiger partial charge in [-0.1, -0.05) is 18.2 Å². The average Bonchev–Trinajstić information content (AvgIpc) is 2.25. The molecule has 0 bridgehead atoms. The Hall–Kier alpha value is -1.76. The molecule has 0 fully saturated rings. The Balaban J connectivity index is 0.000000399. The Morgan fingerprint density at radius 1 is 1.16 bits per heavy atom. The third kappa shape index (κ3) is 4.44. The molecule has 0 spiro atoms. The van der Waals surface area contributed by atoms with Gasteiger partial charge in [0, 0.05) is 16.0 Å². The van der Waals surface area contributed by atoms with Gasteiger partial charge in [0.05, 0.1) is 5.56 Å². The van der Waals surface area contributed by atoms with Crippen molar-refractivity contribution in [3.63, 3.8) is 0 Å². The lowest BCUT2D eigenvalue weighted by Crippen LogP contribution is -2.10. The summed E-state index contributed by atoms with van der Waals surface area (Å²) in [7, 11) is -2.87. The number of halogens is 3. The fraction of sp³-hybridized carbons (Fsp3) is 0.100. The summed E-state index contributed by atoms with van der Waals surface area (Å²) in [6, 6.07) is 6.01. The van der Waals surface area contributed by atoms with Crippen LogP contribution >= 0.6 is 8.25 Å². The molecule has 0 amide bonds. The van der Waals surface area contributed by atoms with Crippen molar-refractivity contribution in [1.82, 2.24) is 0 Å². The van der Waals surface area contributed by atoms with Gasteiger partial charge in [-0.15, -0.1) is 9.79 Å². The van der Waals surface area contributed by atoms with E-state index < -0.39 is 25.6 Å². The SMILES string of the molecule is O=[P+](O)O.O=c1cc(C(F)(F)F)c2ccccc2o1. The third-order valence-corrected chi connectivity index (χ3v) is 1.96. The van der Waals surface area contributed by atoms with Crippen LogP contribution in [-0.4, -0.2) is 9.79 Å². The Bertz CT molecular complexity index is 645. The molecule has 0 radical (unpaired) electrons. The van der Waals surface area contributed by atoms with E-state index in [9.17, 15) is 18.0 Å². The van der Waals surface area contributed by atoms with E-state index in [1.165, 1.54) is 24.3 Å². The molecule has 0 aliphatic rings. The van der Waals surface area contributed by atoms with Crippen molar-refractivity contribution in [2.24, 2.45) is 0 Å². The van der Waals surface area contributed by atoms with Gasteiger partial charge in [-0.05, 0) is 6.07 Å². The van der Waals surface area contributed by atoms with Crippen LogP contribution in [0.1, 0.15) is 5.56 Å². The molecule has 5 nitrogen and oxygen atoms in total. The van der Waals surface area contributed by atoms with Crippen molar-refractivity contribution in [1.29, 1.82) is 0 Å². The summed E-state index contributed by atoms with van der Waals surface area (Å²) in [6.07, 6.45) is -4.55. The topological polar surface area (TPSA) is 87.7 Å². The molecule has 1 aromatic heterocycles. The van der Waals surface area contributed by atoms with E-state index in [1.54, 1.807) is 0 Å². The molecule has 2 N–H and O–H groups in total. The van der Waals surface area contributed by atoms with E-state index in [1.807, 2.05) is 0 Å². The standard InChI is InChI=1S/C10H5F3O2.HO3P/c11-10(12,13)7-5-9(14)15-8-4-2-1-3-6(7)8;1-4(2)3/h1-5H;(H-,1,2,3)/p+1. The van der Waals surface area contributed by atoms with Gasteiger partial charge in [-0.2, -0.15) is 13.2 Å². The minimum Gasteiger partial charge on any atom is -0.423 e. The van der Waals surface area contributed by atoms with Crippen LogP contribution in [0.15, 0.2) is 39.5 Å². The maximum absolute atomic E-state index is 12.5. The number of hydrogen-bond acceptors (Lipinski definition) is 3. The fourth-order valence-corrected chi connectivity index (χ4v) is 1.35. The zero-order valence-corrected chi connectivity index (χ0v) is 9.98. The third-order valence-electron chi connectivity index (χ3n) is 1.96. The van der Waals surface area contributed by atoms with Gasteiger partial charge >= 0.3 is 20.1 Å². The highest BCUT2D eigenvalue weighted by Crippen LogP contribution is 2.33. The summed E-state index contributed by atoms with van der Waals surface area (Å²) in [5.74, 6) is 0. The van der Waals surface area contributed by atoms with Crippen LogP contribution in [0.4, 0.5) is 13.2 Å². The van der Waals surface area contributed by atoms with Crippen molar-refractivity contribution < 1.29 is 31.9 Å². The van der Waals surface area contributed by atoms with Crippen LogP contribution in [0.3, 0.4) is 0 Å². The number of alkyl halides is 3. The number of fused-ring (bicyclic) bond motifs is 1. The first kappa shape index (κ1) is 15.3. The second kappa shape index (κ2) is 5.92. The summed E-state index contributed by atoms with van der Waals surface area (Å²) in [5.41, 5.74) is -2.02. The van der Waals surface area contributed by atoms with Crippen molar-refractivity contribution >= 4 is 19.2 Å². The summed E-state index contributed by atoms with van der Waals surface area (Å²) in [5, 5.41) is -0.107. The minimum atomic E-state index is -4.55. The van der Waals surface area contributed by atoms with Crippen LogP contribution in [0.2, 0.25) is 0 Å². The van der Waals surface area contributed by atoms with Crippen LogP contribution in [-0.2, 0) is 10.7 Å². The van der Waals surface area contributed by atoms with Crippen LogP contribution in [0.5, 0.6) is 0 Å². The Kier molecular flexibility index (Phi) is 4.77. The molecular weight excluding hydrogens is 288 g/mol. The molecule has 9 heteroatoms. The second-order valence-electron chi connectivity index (χ2n) is 3.23. The van der Waals surface area contributed by atoms with Crippen molar-refractivity contribution in [2.75, 3.05) is 0 Å². The zero-order valence-electron chi connectivity index (χ0n) is 9.09. The van der Waals surface area contributed by atoms with E-state index in [0.29, 0.717) is 6.07 Å². The summed E-state index contributed by atoms with van der Waals surface area (Å²) < 4.78 is 50.9. The van der Waals surface area contributed by atoms with E-state index in [-0.39, 0.29) is 11.0 Å². The number of hydrogen-bond donors (Lipinski definition) is 2. The molecule has 0 atom stereocenters. The molecular formula is C10H7F3O5P+. The number of para-hydroxylation sites is 1. The van der Waals surface area contributed by atoms with Crippen LogP contribution in [0, 0.1) is 0 Å². The van der Waals surface area contributed by atoms with Gasteiger partial charge in [0.1, 0.15) is 5.58 Å². The van der Waals surface area contributed by atoms with E-state index in [4.69, 9.17) is 14.4 Å². The lowest BCUT2D eigenvalue weighted by atomic mass is 10.1. The zero-order chi connectivity index (χ0) is 14.6. The quantitative estimate of drug-likeness (QED) is 0.575. The first-order valence-electron chi connectivity index (χ1n) is 4.67. The lowest BCUT2D eigenvalue weighted by molar-refractivity contribution is -0.136. The van der Waals surface area contributed by atoms with Crippen LogP contribution < -0.4 is 5.63 Å². The van der Waals surface area contributed by atoms with Gasteiger partial charge in [-0.3, -0.25) is 0 Å². The van der Waals surface area contributed by atoms with Gasteiger partial charge in [0.15, 0.2) is 0 Å². The predicted octanol–water partition coefficient (Wildman–Crippen LogP) is 2.44. The molecule has 2 aromatic rings. The smallest absolute Gasteiger partial charge is 0.423 e. The van der Waals surface area contributed by atoms with E-state index >= 15 is 0 Å². The van der Waals surface area contributed by atoms with Gasteiger partial charge in [-0.25, -0.2) is 4.79 Å². The molecule has 1 heterocycles.